The molecule has 1 N–H and O–H groups in total. The standard InChI is InChI=1S/C17H20ClN3OS.ClH/c1-2-9-21(12-7-8-19-10-12)17(22)15-11-23-16(20-15)13-5-3-4-6-14(13)18;/h3-6,11-12,19H,2,7-10H2,1H3;1H. The van der Waals surface area contributed by atoms with Crippen molar-refractivity contribution in [2.45, 2.75) is 25.8 Å². The summed E-state index contributed by atoms with van der Waals surface area (Å²) in [5.41, 5.74) is 1.40. The van der Waals surface area contributed by atoms with Crippen LogP contribution in [0.4, 0.5) is 0 Å². The fourth-order valence-electron chi connectivity index (χ4n) is 2.87. The highest BCUT2D eigenvalue weighted by molar-refractivity contribution is 7.13. The Labute approximate surface area is 157 Å². The van der Waals surface area contributed by atoms with E-state index in [1.54, 1.807) is 0 Å². The molecule has 1 atom stereocenters. The lowest BCUT2D eigenvalue weighted by Gasteiger charge is -2.27. The molecule has 3 rings (SSSR count). The van der Waals surface area contributed by atoms with Gasteiger partial charge in [0, 0.05) is 30.1 Å². The van der Waals surface area contributed by atoms with Crippen LogP contribution in [0.5, 0.6) is 0 Å². The van der Waals surface area contributed by atoms with E-state index in [4.69, 9.17) is 11.6 Å². The third kappa shape index (κ3) is 4.09. The first-order chi connectivity index (χ1) is 11.2. The zero-order chi connectivity index (χ0) is 16.2. The van der Waals surface area contributed by atoms with Crippen LogP contribution in [-0.4, -0.2) is 41.5 Å². The first-order valence-corrected chi connectivity index (χ1v) is 9.18. The third-order valence-electron chi connectivity index (χ3n) is 4.03. The van der Waals surface area contributed by atoms with E-state index >= 15 is 0 Å². The molecule has 1 aliphatic heterocycles. The number of aromatic nitrogens is 1. The molecule has 130 valence electrons. The topological polar surface area (TPSA) is 45.2 Å². The van der Waals surface area contributed by atoms with Crippen molar-refractivity contribution in [2.75, 3.05) is 19.6 Å². The van der Waals surface area contributed by atoms with Crippen molar-refractivity contribution in [2.24, 2.45) is 0 Å². The van der Waals surface area contributed by atoms with E-state index in [0.717, 1.165) is 43.0 Å². The highest BCUT2D eigenvalue weighted by atomic mass is 35.5. The molecule has 1 amide bonds. The molecule has 1 saturated heterocycles. The van der Waals surface area contributed by atoms with Crippen LogP contribution < -0.4 is 5.32 Å². The predicted octanol–water partition coefficient (Wildman–Crippen LogP) is 4.10. The second-order valence-electron chi connectivity index (χ2n) is 5.66. The van der Waals surface area contributed by atoms with Crippen LogP contribution in [0.1, 0.15) is 30.3 Å². The van der Waals surface area contributed by atoms with Crippen molar-refractivity contribution in [3.63, 3.8) is 0 Å². The lowest BCUT2D eigenvalue weighted by atomic mass is 10.2. The SMILES string of the molecule is CCCN(C(=O)c1csc(-c2ccccc2Cl)n1)C1CCNC1.Cl. The largest absolute Gasteiger partial charge is 0.333 e. The third-order valence-corrected chi connectivity index (χ3v) is 5.23. The number of nitrogens with one attached hydrogen (secondary N) is 1. The molecule has 0 saturated carbocycles. The lowest BCUT2D eigenvalue weighted by Crippen LogP contribution is -2.42. The minimum absolute atomic E-state index is 0. The number of benzene rings is 1. The van der Waals surface area contributed by atoms with Crippen molar-refractivity contribution >= 4 is 41.3 Å². The molecule has 0 bridgehead atoms. The number of halogens is 2. The van der Waals surface area contributed by atoms with Gasteiger partial charge in [0.05, 0.1) is 5.02 Å². The van der Waals surface area contributed by atoms with Crippen LogP contribution in [0.15, 0.2) is 29.6 Å². The number of carbonyl (C=O) groups excluding carboxylic acids is 1. The van der Waals surface area contributed by atoms with Gasteiger partial charge in [-0.25, -0.2) is 4.98 Å². The maximum atomic E-state index is 12.9. The molecule has 1 aromatic heterocycles. The zero-order valence-corrected chi connectivity index (χ0v) is 15.9. The Hall–Kier alpha value is -1.14. The molecule has 0 spiro atoms. The van der Waals surface area contributed by atoms with Gasteiger partial charge in [0.25, 0.3) is 5.91 Å². The molecule has 0 radical (unpaired) electrons. The van der Waals surface area contributed by atoms with Gasteiger partial charge in [0.1, 0.15) is 10.7 Å². The Morgan fingerprint density at radius 1 is 1.46 bits per heavy atom. The van der Waals surface area contributed by atoms with Crippen molar-refractivity contribution in [3.8, 4) is 10.6 Å². The second kappa shape index (κ2) is 8.81. The van der Waals surface area contributed by atoms with Crippen LogP contribution in [0, 0.1) is 0 Å². The van der Waals surface area contributed by atoms with Crippen LogP contribution in [0.2, 0.25) is 5.02 Å². The average molecular weight is 386 g/mol. The van der Waals surface area contributed by atoms with Crippen molar-refractivity contribution in [1.29, 1.82) is 0 Å². The number of carbonyl (C=O) groups is 1. The van der Waals surface area contributed by atoms with E-state index in [1.807, 2.05) is 34.5 Å². The summed E-state index contributed by atoms with van der Waals surface area (Å²) >= 11 is 7.69. The van der Waals surface area contributed by atoms with E-state index in [0.29, 0.717) is 10.7 Å². The molecular weight excluding hydrogens is 365 g/mol. The van der Waals surface area contributed by atoms with Gasteiger partial charge in [-0.1, -0.05) is 36.7 Å². The number of rotatable bonds is 5. The lowest BCUT2D eigenvalue weighted by molar-refractivity contribution is 0.0687. The second-order valence-corrected chi connectivity index (χ2v) is 6.93. The van der Waals surface area contributed by atoms with Gasteiger partial charge in [0.2, 0.25) is 0 Å². The molecule has 4 nitrogen and oxygen atoms in total. The molecule has 2 heterocycles. The summed E-state index contributed by atoms with van der Waals surface area (Å²) in [6.07, 6.45) is 1.96. The van der Waals surface area contributed by atoms with Crippen LogP contribution >= 0.6 is 35.3 Å². The van der Waals surface area contributed by atoms with Gasteiger partial charge >= 0.3 is 0 Å². The maximum Gasteiger partial charge on any atom is 0.273 e. The van der Waals surface area contributed by atoms with E-state index in [1.165, 1.54) is 11.3 Å². The van der Waals surface area contributed by atoms with Gasteiger partial charge in [0.15, 0.2) is 0 Å². The molecule has 1 fully saturated rings. The summed E-state index contributed by atoms with van der Waals surface area (Å²) in [5.74, 6) is 0.0232. The van der Waals surface area contributed by atoms with Crippen molar-refractivity contribution in [1.82, 2.24) is 15.2 Å². The Balaban J connectivity index is 0.00000208. The normalized spacial score (nSPS) is 16.7. The van der Waals surface area contributed by atoms with Gasteiger partial charge in [-0.3, -0.25) is 4.79 Å². The maximum absolute atomic E-state index is 12.9. The molecular formula is C17H21Cl2N3OS. The quantitative estimate of drug-likeness (QED) is 0.842. The summed E-state index contributed by atoms with van der Waals surface area (Å²) in [5, 5.41) is 6.62. The molecule has 24 heavy (non-hydrogen) atoms. The number of thiazole rings is 1. The van der Waals surface area contributed by atoms with Crippen molar-refractivity contribution < 1.29 is 4.79 Å². The zero-order valence-electron chi connectivity index (χ0n) is 13.5. The number of hydrogen-bond acceptors (Lipinski definition) is 4. The molecule has 0 aliphatic carbocycles. The van der Waals surface area contributed by atoms with Crippen molar-refractivity contribution in [3.05, 3.63) is 40.4 Å². The minimum atomic E-state index is 0. The Kier molecular flexibility index (Phi) is 7.04. The Bertz CT molecular complexity index is 686. The van der Waals surface area contributed by atoms with E-state index < -0.39 is 0 Å². The fraction of sp³-hybridized carbons (Fsp3) is 0.412. The van der Waals surface area contributed by atoms with Crippen LogP contribution in [-0.2, 0) is 0 Å². The monoisotopic (exact) mass is 385 g/mol. The fourth-order valence-corrected chi connectivity index (χ4v) is 3.99. The van der Waals surface area contributed by atoms with Crippen LogP contribution in [0.3, 0.4) is 0 Å². The van der Waals surface area contributed by atoms with Gasteiger partial charge < -0.3 is 10.2 Å². The average Bonchev–Trinajstić information content (AvgIpc) is 3.24. The summed E-state index contributed by atoms with van der Waals surface area (Å²) in [6, 6.07) is 7.86. The molecule has 1 aliphatic rings. The Morgan fingerprint density at radius 3 is 2.92 bits per heavy atom. The molecule has 2 aromatic rings. The first-order valence-electron chi connectivity index (χ1n) is 7.92. The molecule has 1 unspecified atom stereocenters. The number of nitrogens with zero attached hydrogens (tertiary/aromatic N) is 2. The van der Waals surface area contributed by atoms with Gasteiger partial charge in [-0.05, 0) is 25.5 Å². The molecule has 7 heteroatoms. The highest BCUT2D eigenvalue weighted by Gasteiger charge is 2.28. The first kappa shape index (κ1) is 19.2. The Morgan fingerprint density at radius 2 is 2.25 bits per heavy atom. The van der Waals surface area contributed by atoms with E-state index in [9.17, 15) is 4.79 Å². The molecule has 1 aromatic carbocycles. The van der Waals surface area contributed by atoms with E-state index in [-0.39, 0.29) is 24.4 Å². The number of hydrogen-bond donors (Lipinski definition) is 1. The van der Waals surface area contributed by atoms with Gasteiger partial charge in [-0.15, -0.1) is 23.7 Å². The minimum Gasteiger partial charge on any atom is -0.333 e. The predicted molar refractivity (Wildman–Crippen MR) is 102 cm³/mol. The summed E-state index contributed by atoms with van der Waals surface area (Å²) in [7, 11) is 0. The van der Waals surface area contributed by atoms with Gasteiger partial charge in [-0.2, -0.15) is 0 Å². The summed E-state index contributed by atoms with van der Waals surface area (Å²) in [6.45, 7) is 4.70. The summed E-state index contributed by atoms with van der Waals surface area (Å²) in [4.78, 5) is 19.4. The smallest absolute Gasteiger partial charge is 0.273 e. The highest BCUT2D eigenvalue weighted by Crippen LogP contribution is 2.30. The van der Waals surface area contributed by atoms with E-state index in [2.05, 4.69) is 17.2 Å². The van der Waals surface area contributed by atoms with Crippen LogP contribution in [0.25, 0.3) is 10.6 Å². The summed E-state index contributed by atoms with van der Waals surface area (Å²) < 4.78 is 0. The number of amides is 1.